The second-order valence-electron chi connectivity index (χ2n) is 1.71. The Kier molecular flexibility index (Phi) is 2.59. The zero-order valence-electron chi connectivity index (χ0n) is 5.23. The van der Waals surface area contributed by atoms with E-state index in [1.807, 2.05) is 0 Å². The molecule has 0 unspecified atom stereocenters. The molecule has 0 spiro atoms. The Balaban J connectivity index is 4.40. The van der Waals surface area contributed by atoms with Crippen molar-refractivity contribution in [2.45, 2.75) is 12.8 Å². The summed E-state index contributed by atoms with van der Waals surface area (Å²) in [5.41, 5.74) is 0. The molecule has 0 saturated heterocycles. The molecule has 0 amide bonds. The normalized spacial score (nSPS) is 11.2. The first-order valence-corrected chi connectivity index (χ1v) is 2.46. The Hall–Kier alpha value is -0.840. The van der Waals surface area contributed by atoms with Crippen molar-refractivity contribution in [2.24, 2.45) is 0 Å². The summed E-state index contributed by atoms with van der Waals surface area (Å²) in [5, 5.41) is 7.94. The van der Waals surface area contributed by atoms with Crippen LogP contribution >= 0.6 is 0 Å². The van der Waals surface area contributed by atoms with Crippen LogP contribution in [-0.4, -0.2) is 29.2 Å². The predicted octanol–water partition coefficient (Wildman–Crippen LogP) is -0.228. The standard InChI is InChI=1S/C5H6F2O3/c1-3(9)5(6,7)4(10)2-8/h8H,2H2,1H3. The Morgan fingerprint density at radius 1 is 1.50 bits per heavy atom. The molecular weight excluding hydrogens is 146 g/mol. The van der Waals surface area contributed by atoms with Gasteiger partial charge in [0.25, 0.3) is 0 Å². The SMILES string of the molecule is CC(=O)C(F)(F)C(=O)CO. The highest BCUT2D eigenvalue weighted by atomic mass is 19.3. The summed E-state index contributed by atoms with van der Waals surface area (Å²) < 4.78 is 24.2. The maximum absolute atomic E-state index is 12.1. The molecule has 0 aliphatic heterocycles. The van der Waals surface area contributed by atoms with Crippen molar-refractivity contribution in [3.8, 4) is 0 Å². The summed E-state index contributed by atoms with van der Waals surface area (Å²) in [7, 11) is 0. The molecule has 5 heteroatoms. The predicted molar refractivity (Wildman–Crippen MR) is 27.7 cm³/mol. The van der Waals surface area contributed by atoms with Crippen LogP contribution in [-0.2, 0) is 9.59 Å². The van der Waals surface area contributed by atoms with Crippen molar-refractivity contribution in [1.82, 2.24) is 0 Å². The number of hydrogen-bond acceptors (Lipinski definition) is 3. The lowest BCUT2D eigenvalue weighted by Gasteiger charge is -2.07. The van der Waals surface area contributed by atoms with E-state index in [1.165, 1.54) is 0 Å². The van der Waals surface area contributed by atoms with Gasteiger partial charge in [-0.15, -0.1) is 0 Å². The summed E-state index contributed by atoms with van der Waals surface area (Å²) in [4.78, 5) is 20.0. The van der Waals surface area contributed by atoms with Gasteiger partial charge in [0, 0.05) is 6.92 Å². The van der Waals surface area contributed by atoms with E-state index < -0.39 is 24.1 Å². The van der Waals surface area contributed by atoms with E-state index >= 15 is 0 Å². The first-order valence-electron chi connectivity index (χ1n) is 2.46. The van der Waals surface area contributed by atoms with Crippen molar-refractivity contribution in [1.29, 1.82) is 0 Å². The minimum Gasteiger partial charge on any atom is -0.388 e. The molecule has 0 aromatic carbocycles. The van der Waals surface area contributed by atoms with Gasteiger partial charge in [-0.1, -0.05) is 0 Å². The molecule has 0 saturated carbocycles. The van der Waals surface area contributed by atoms with Crippen molar-refractivity contribution < 1.29 is 23.5 Å². The van der Waals surface area contributed by atoms with E-state index in [4.69, 9.17) is 5.11 Å². The summed E-state index contributed by atoms with van der Waals surface area (Å²) in [6.07, 6.45) is 0. The number of aliphatic hydroxyl groups excluding tert-OH is 1. The second-order valence-corrected chi connectivity index (χ2v) is 1.71. The van der Waals surface area contributed by atoms with Gasteiger partial charge in [-0.3, -0.25) is 9.59 Å². The fourth-order valence-electron chi connectivity index (χ4n) is 0.296. The quantitative estimate of drug-likeness (QED) is 0.568. The minimum absolute atomic E-state index is 0.591. The molecule has 58 valence electrons. The van der Waals surface area contributed by atoms with Gasteiger partial charge in [-0.2, -0.15) is 8.78 Å². The highest BCUT2D eigenvalue weighted by Crippen LogP contribution is 2.14. The topological polar surface area (TPSA) is 54.4 Å². The molecule has 10 heavy (non-hydrogen) atoms. The molecule has 0 rings (SSSR count). The molecule has 0 atom stereocenters. The van der Waals surface area contributed by atoms with Crippen LogP contribution < -0.4 is 0 Å². The Bertz CT molecular complexity index is 164. The molecular formula is C5H6F2O3. The highest BCUT2D eigenvalue weighted by Gasteiger charge is 2.42. The molecule has 0 aromatic rings. The van der Waals surface area contributed by atoms with Crippen molar-refractivity contribution in [3.63, 3.8) is 0 Å². The minimum atomic E-state index is -4.02. The monoisotopic (exact) mass is 152 g/mol. The second kappa shape index (κ2) is 2.83. The van der Waals surface area contributed by atoms with Gasteiger partial charge in [-0.05, 0) is 0 Å². The average molecular weight is 152 g/mol. The lowest BCUT2D eigenvalue weighted by molar-refractivity contribution is -0.157. The Labute approximate surface area is 55.6 Å². The third-order valence-electron chi connectivity index (χ3n) is 0.936. The number of halogens is 2. The van der Waals surface area contributed by atoms with Crippen LogP contribution in [0.25, 0.3) is 0 Å². The fraction of sp³-hybridized carbons (Fsp3) is 0.600. The van der Waals surface area contributed by atoms with E-state index in [0.29, 0.717) is 6.92 Å². The molecule has 0 bridgehead atoms. The smallest absolute Gasteiger partial charge is 0.364 e. The van der Waals surface area contributed by atoms with Crippen LogP contribution in [0.15, 0.2) is 0 Å². The molecule has 0 fully saturated rings. The third kappa shape index (κ3) is 1.57. The third-order valence-corrected chi connectivity index (χ3v) is 0.936. The van der Waals surface area contributed by atoms with E-state index in [-0.39, 0.29) is 0 Å². The Morgan fingerprint density at radius 3 is 2.00 bits per heavy atom. The Morgan fingerprint density at radius 2 is 1.90 bits per heavy atom. The van der Waals surface area contributed by atoms with Crippen molar-refractivity contribution in [3.05, 3.63) is 0 Å². The lowest BCUT2D eigenvalue weighted by atomic mass is 10.1. The summed E-state index contributed by atoms with van der Waals surface area (Å²) in [6, 6.07) is 0. The van der Waals surface area contributed by atoms with Crippen LogP contribution in [0.3, 0.4) is 0 Å². The summed E-state index contributed by atoms with van der Waals surface area (Å²) in [6.45, 7) is -0.722. The molecule has 3 nitrogen and oxygen atoms in total. The molecule has 1 N–H and O–H groups in total. The number of Topliss-reactive ketones (excluding diaryl/α,β-unsaturated/α-hetero) is 2. The zero-order valence-corrected chi connectivity index (χ0v) is 5.23. The van der Waals surface area contributed by atoms with Crippen LogP contribution in [0.1, 0.15) is 6.92 Å². The number of ketones is 2. The zero-order chi connectivity index (χ0) is 8.36. The van der Waals surface area contributed by atoms with Crippen LogP contribution in [0.5, 0.6) is 0 Å². The maximum Gasteiger partial charge on any atom is 0.364 e. The molecule has 0 radical (unpaired) electrons. The largest absolute Gasteiger partial charge is 0.388 e. The van der Waals surface area contributed by atoms with Gasteiger partial charge >= 0.3 is 5.92 Å². The van der Waals surface area contributed by atoms with Gasteiger partial charge in [0.1, 0.15) is 6.61 Å². The number of carbonyl (C=O) groups excluding carboxylic acids is 2. The molecule has 0 aliphatic carbocycles. The highest BCUT2D eigenvalue weighted by molar-refractivity contribution is 6.07. The summed E-state index contributed by atoms with van der Waals surface area (Å²) >= 11 is 0. The van der Waals surface area contributed by atoms with Gasteiger partial charge < -0.3 is 5.11 Å². The van der Waals surface area contributed by atoms with Gasteiger partial charge in [-0.25, -0.2) is 0 Å². The van der Waals surface area contributed by atoms with E-state index in [1.54, 1.807) is 0 Å². The van der Waals surface area contributed by atoms with Gasteiger partial charge in [0.05, 0.1) is 0 Å². The first-order chi connectivity index (χ1) is 4.42. The molecule has 0 heterocycles. The molecule has 0 aromatic heterocycles. The average Bonchev–Trinajstić information content (AvgIpc) is 1.86. The number of alkyl halides is 2. The first kappa shape index (κ1) is 9.16. The van der Waals surface area contributed by atoms with Gasteiger partial charge in [0.2, 0.25) is 11.6 Å². The number of rotatable bonds is 3. The van der Waals surface area contributed by atoms with Crippen molar-refractivity contribution in [2.75, 3.05) is 6.61 Å². The van der Waals surface area contributed by atoms with Crippen LogP contribution in [0.4, 0.5) is 8.78 Å². The van der Waals surface area contributed by atoms with E-state index in [9.17, 15) is 18.4 Å². The van der Waals surface area contributed by atoms with E-state index in [2.05, 4.69) is 0 Å². The number of aliphatic hydroxyl groups is 1. The van der Waals surface area contributed by atoms with Crippen molar-refractivity contribution >= 4 is 11.6 Å². The van der Waals surface area contributed by atoms with E-state index in [0.717, 1.165) is 0 Å². The maximum atomic E-state index is 12.1. The number of carbonyl (C=O) groups is 2. The molecule has 0 aliphatic rings. The number of hydrogen-bond donors (Lipinski definition) is 1. The fourth-order valence-corrected chi connectivity index (χ4v) is 0.296. The summed E-state index contributed by atoms with van der Waals surface area (Å²) in [5.74, 6) is -7.33. The van der Waals surface area contributed by atoms with Gasteiger partial charge in [0.15, 0.2) is 0 Å². The lowest BCUT2D eigenvalue weighted by Crippen LogP contribution is -2.38. The van der Waals surface area contributed by atoms with Crippen LogP contribution in [0, 0.1) is 0 Å². The van der Waals surface area contributed by atoms with Crippen LogP contribution in [0.2, 0.25) is 0 Å².